The van der Waals surface area contributed by atoms with Gasteiger partial charge in [0.05, 0.1) is 36.1 Å². The molecule has 0 unspecified atom stereocenters. The Kier molecular flexibility index (Phi) is 5.14. The Morgan fingerprint density at radius 1 is 1.24 bits per heavy atom. The molecular formula is C26H29N5O3. The second-order valence-electron chi connectivity index (χ2n) is 10.6. The van der Waals surface area contributed by atoms with Gasteiger partial charge in [-0.2, -0.15) is 0 Å². The molecule has 1 amide bonds. The molecule has 176 valence electrons. The van der Waals surface area contributed by atoms with Gasteiger partial charge in [-0.1, -0.05) is 19.1 Å². The number of hydrogen-bond acceptors (Lipinski definition) is 5. The van der Waals surface area contributed by atoms with Gasteiger partial charge in [0.25, 0.3) is 0 Å². The SMILES string of the molecule is [C-]#[N+]c1ccc2ncn(C[C@@]3(C)CCC[C@@]4(CN(c5ccc(C(C)(C)O)cn5)C(=O)O4)C3)c2c1. The van der Waals surface area contributed by atoms with Crippen molar-refractivity contribution < 1.29 is 14.6 Å². The van der Waals surface area contributed by atoms with Crippen LogP contribution in [0.3, 0.4) is 0 Å². The number of nitrogens with zero attached hydrogens (tertiary/aromatic N) is 5. The summed E-state index contributed by atoms with van der Waals surface area (Å²) in [6.45, 7) is 14.2. The third-order valence-corrected chi connectivity index (χ3v) is 7.15. The number of aliphatic hydroxyl groups is 1. The van der Waals surface area contributed by atoms with Gasteiger partial charge in [-0.3, -0.25) is 4.90 Å². The van der Waals surface area contributed by atoms with Crippen molar-refractivity contribution in [2.45, 2.75) is 64.2 Å². The summed E-state index contributed by atoms with van der Waals surface area (Å²) >= 11 is 0. The van der Waals surface area contributed by atoms with Crippen molar-refractivity contribution in [2.24, 2.45) is 5.41 Å². The molecule has 1 aliphatic carbocycles. The molecule has 2 aromatic heterocycles. The van der Waals surface area contributed by atoms with E-state index < -0.39 is 11.2 Å². The first-order chi connectivity index (χ1) is 16.1. The number of amides is 1. The summed E-state index contributed by atoms with van der Waals surface area (Å²) in [5, 5.41) is 10.2. The van der Waals surface area contributed by atoms with Crippen molar-refractivity contribution >= 4 is 28.6 Å². The quantitative estimate of drug-likeness (QED) is 0.543. The van der Waals surface area contributed by atoms with Gasteiger partial charge in [-0.25, -0.2) is 19.6 Å². The van der Waals surface area contributed by atoms with E-state index in [0.29, 0.717) is 23.6 Å². The van der Waals surface area contributed by atoms with Crippen molar-refractivity contribution in [3.8, 4) is 0 Å². The minimum atomic E-state index is -0.990. The molecular weight excluding hydrogens is 430 g/mol. The highest BCUT2D eigenvalue weighted by atomic mass is 16.6. The average molecular weight is 460 g/mol. The van der Waals surface area contributed by atoms with Gasteiger partial charge in [0.2, 0.25) is 0 Å². The number of rotatable bonds is 4. The number of aromatic nitrogens is 3. The summed E-state index contributed by atoms with van der Waals surface area (Å²) in [5.74, 6) is 0.537. The minimum absolute atomic E-state index is 0.0888. The van der Waals surface area contributed by atoms with Crippen LogP contribution in [0, 0.1) is 12.0 Å². The minimum Gasteiger partial charge on any atom is -0.441 e. The van der Waals surface area contributed by atoms with Crippen LogP contribution in [0.2, 0.25) is 0 Å². The Labute approximate surface area is 199 Å². The van der Waals surface area contributed by atoms with Crippen molar-refractivity contribution in [2.75, 3.05) is 11.4 Å². The van der Waals surface area contributed by atoms with E-state index in [2.05, 4.69) is 26.3 Å². The molecule has 1 saturated heterocycles. The third kappa shape index (κ3) is 4.01. The molecule has 2 atom stereocenters. The Balaban J connectivity index is 1.36. The van der Waals surface area contributed by atoms with Crippen LogP contribution in [0.1, 0.15) is 52.0 Å². The van der Waals surface area contributed by atoms with Crippen LogP contribution in [0.25, 0.3) is 15.9 Å². The lowest BCUT2D eigenvalue weighted by Gasteiger charge is -2.43. The van der Waals surface area contributed by atoms with Crippen molar-refractivity contribution in [1.29, 1.82) is 0 Å². The van der Waals surface area contributed by atoms with E-state index in [9.17, 15) is 9.90 Å². The molecule has 1 spiro atoms. The molecule has 8 heteroatoms. The molecule has 2 fully saturated rings. The summed E-state index contributed by atoms with van der Waals surface area (Å²) in [6, 6.07) is 9.13. The largest absolute Gasteiger partial charge is 0.441 e. The number of anilines is 1. The second-order valence-corrected chi connectivity index (χ2v) is 10.6. The number of carbonyl (C=O) groups excluding carboxylic acids is 1. The van der Waals surface area contributed by atoms with E-state index in [4.69, 9.17) is 11.3 Å². The molecule has 3 heterocycles. The summed E-state index contributed by atoms with van der Waals surface area (Å²) in [5.41, 5.74) is 1.49. The molecule has 0 radical (unpaired) electrons. The Hall–Kier alpha value is -3.44. The van der Waals surface area contributed by atoms with Crippen LogP contribution in [0.4, 0.5) is 16.3 Å². The lowest BCUT2D eigenvalue weighted by molar-refractivity contribution is -0.0264. The van der Waals surface area contributed by atoms with Crippen LogP contribution in [-0.4, -0.2) is 37.9 Å². The smallest absolute Gasteiger partial charge is 0.416 e. The van der Waals surface area contributed by atoms with Gasteiger partial charge in [0.1, 0.15) is 11.4 Å². The van der Waals surface area contributed by atoms with Crippen LogP contribution in [-0.2, 0) is 16.9 Å². The molecule has 5 rings (SSSR count). The van der Waals surface area contributed by atoms with E-state index in [-0.39, 0.29) is 11.5 Å². The molecule has 8 nitrogen and oxygen atoms in total. The monoisotopic (exact) mass is 459 g/mol. The zero-order chi connectivity index (χ0) is 24.1. The van der Waals surface area contributed by atoms with Crippen LogP contribution < -0.4 is 4.90 Å². The fraction of sp³-hybridized carbons (Fsp3) is 0.462. The summed E-state index contributed by atoms with van der Waals surface area (Å²) in [7, 11) is 0. The zero-order valence-corrected chi connectivity index (χ0v) is 19.8. The highest BCUT2D eigenvalue weighted by Gasteiger charge is 2.52. The highest BCUT2D eigenvalue weighted by Crippen LogP contribution is 2.48. The number of fused-ring (bicyclic) bond motifs is 1. The zero-order valence-electron chi connectivity index (χ0n) is 19.8. The maximum Gasteiger partial charge on any atom is 0.416 e. The maximum absolute atomic E-state index is 12.9. The molecule has 1 aromatic carbocycles. The lowest BCUT2D eigenvalue weighted by Crippen LogP contribution is -2.45. The molecule has 3 aromatic rings. The van der Waals surface area contributed by atoms with Gasteiger partial charge in [0, 0.05) is 18.3 Å². The van der Waals surface area contributed by atoms with Crippen molar-refractivity contribution in [3.05, 3.63) is 59.8 Å². The van der Waals surface area contributed by atoms with Crippen LogP contribution in [0.5, 0.6) is 0 Å². The third-order valence-electron chi connectivity index (χ3n) is 7.15. The highest BCUT2D eigenvalue weighted by molar-refractivity contribution is 5.89. The molecule has 1 aliphatic heterocycles. The normalized spacial score (nSPS) is 25.0. The summed E-state index contributed by atoms with van der Waals surface area (Å²) < 4.78 is 8.15. The Morgan fingerprint density at radius 3 is 2.76 bits per heavy atom. The average Bonchev–Trinajstić information content (AvgIpc) is 3.32. The topological polar surface area (TPSA) is 84.8 Å². The molecule has 2 aliphatic rings. The predicted octanol–water partition coefficient (Wildman–Crippen LogP) is 5.19. The van der Waals surface area contributed by atoms with Crippen LogP contribution in [0.15, 0.2) is 42.9 Å². The fourth-order valence-electron chi connectivity index (χ4n) is 5.51. The van der Waals surface area contributed by atoms with E-state index >= 15 is 0 Å². The van der Waals surface area contributed by atoms with Crippen molar-refractivity contribution in [1.82, 2.24) is 14.5 Å². The standard InChI is InChI=1S/C26H29N5O3/c1-24(2,33)18-6-9-22(28-13-18)31-16-26(34-23(31)32)11-5-10-25(3,14-26)15-30-17-29-20-8-7-19(27-4)12-21(20)30/h6-9,12-13,17,33H,5,10-11,14-16H2,1-3H3/t25-,26-/m0/s1. The van der Waals surface area contributed by atoms with E-state index in [1.807, 2.05) is 18.5 Å². The maximum atomic E-state index is 12.9. The van der Waals surface area contributed by atoms with Gasteiger partial charge >= 0.3 is 6.09 Å². The Morgan fingerprint density at radius 2 is 2.06 bits per heavy atom. The van der Waals surface area contributed by atoms with Gasteiger partial charge < -0.3 is 14.4 Å². The number of imidazole rings is 1. The number of ether oxygens (including phenoxy) is 1. The Bertz CT molecular complexity index is 1290. The molecule has 1 saturated carbocycles. The van der Waals surface area contributed by atoms with Gasteiger partial charge in [0.15, 0.2) is 5.69 Å². The fourth-order valence-corrected chi connectivity index (χ4v) is 5.51. The second kappa shape index (κ2) is 7.81. The number of pyridine rings is 1. The van der Waals surface area contributed by atoms with E-state index in [1.165, 1.54) is 0 Å². The van der Waals surface area contributed by atoms with Gasteiger partial charge in [-0.05, 0) is 63.1 Å². The summed E-state index contributed by atoms with van der Waals surface area (Å²) in [4.78, 5) is 27.0. The van der Waals surface area contributed by atoms with Gasteiger partial charge in [-0.15, -0.1) is 0 Å². The number of carbonyl (C=O) groups is 1. The first-order valence-corrected chi connectivity index (χ1v) is 11.6. The summed E-state index contributed by atoms with van der Waals surface area (Å²) in [6.07, 6.45) is 6.62. The first kappa shape index (κ1) is 22.4. The lowest BCUT2D eigenvalue weighted by atomic mass is 9.68. The first-order valence-electron chi connectivity index (χ1n) is 11.6. The van der Waals surface area contributed by atoms with Crippen molar-refractivity contribution in [3.63, 3.8) is 0 Å². The molecule has 0 bridgehead atoms. The molecule has 34 heavy (non-hydrogen) atoms. The van der Waals surface area contributed by atoms with Crippen LogP contribution >= 0.6 is 0 Å². The van der Waals surface area contributed by atoms with E-state index in [0.717, 1.165) is 43.3 Å². The number of benzene rings is 1. The number of hydrogen-bond donors (Lipinski definition) is 1. The predicted molar refractivity (Wildman–Crippen MR) is 129 cm³/mol. The molecule has 1 N–H and O–H groups in total. The van der Waals surface area contributed by atoms with E-state index in [1.54, 1.807) is 43.1 Å².